The normalized spacial score (nSPS) is 9.82. The molecule has 0 spiro atoms. The Morgan fingerprint density at radius 2 is 2.35 bits per heavy atom. The molecule has 0 radical (unpaired) electrons. The van der Waals surface area contributed by atoms with Crippen LogP contribution in [0.15, 0.2) is 24.4 Å². The van der Waals surface area contributed by atoms with Crippen LogP contribution in [0.1, 0.15) is 15.4 Å². The Bertz CT molecular complexity index is 587. The standard InChI is InChI=1S/C11H7N3O2S/c12-5-4-8-9(11(15)16)14-10(17-8)7-3-1-2-6-13-7/h1-3,6H,4H2,(H,15,16). The van der Waals surface area contributed by atoms with Crippen molar-refractivity contribution in [3.05, 3.63) is 35.0 Å². The molecule has 5 nitrogen and oxygen atoms in total. The fourth-order valence-corrected chi connectivity index (χ4v) is 2.27. The zero-order valence-corrected chi connectivity index (χ0v) is 9.44. The maximum absolute atomic E-state index is 11.0. The summed E-state index contributed by atoms with van der Waals surface area (Å²) in [5.74, 6) is -1.12. The van der Waals surface area contributed by atoms with Crippen LogP contribution in [0.25, 0.3) is 10.7 Å². The quantitative estimate of drug-likeness (QED) is 0.893. The first-order valence-corrected chi connectivity index (χ1v) is 5.55. The number of nitrogens with zero attached hydrogens (tertiary/aromatic N) is 3. The molecule has 0 aliphatic rings. The number of hydrogen-bond donors (Lipinski definition) is 1. The summed E-state index contributed by atoms with van der Waals surface area (Å²) >= 11 is 1.19. The molecule has 0 bridgehead atoms. The average Bonchev–Trinajstić information content (AvgIpc) is 2.75. The van der Waals surface area contributed by atoms with Crippen molar-refractivity contribution in [2.45, 2.75) is 6.42 Å². The molecule has 6 heteroatoms. The van der Waals surface area contributed by atoms with Gasteiger partial charge in [0.15, 0.2) is 5.69 Å². The zero-order chi connectivity index (χ0) is 12.3. The fraction of sp³-hybridized carbons (Fsp3) is 0.0909. The van der Waals surface area contributed by atoms with E-state index in [0.717, 1.165) is 0 Å². The van der Waals surface area contributed by atoms with Gasteiger partial charge in [-0.25, -0.2) is 9.78 Å². The average molecular weight is 245 g/mol. The summed E-state index contributed by atoms with van der Waals surface area (Å²) in [4.78, 5) is 19.5. The number of carboxylic acid groups (broad SMARTS) is 1. The summed E-state index contributed by atoms with van der Waals surface area (Å²) < 4.78 is 0. The molecule has 1 N–H and O–H groups in total. The Balaban J connectivity index is 2.48. The number of carbonyl (C=O) groups is 1. The van der Waals surface area contributed by atoms with Gasteiger partial charge in [0.2, 0.25) is 0 Å². The summed E-state index contributed by atoms with van der Waals surface area (Å²) in [5.41, 5.74) is 0.557. The Morgan fingerprint density at radius 1 is 1.53 bits per heavy atom. The molecular weight excluding hydrogens is 238 g/mol. The summed E-state index contributed by atoms with van der Waals surface area (Å²) in [6, 6.07) is 7.25. The third-order valence-electron chi connectivity index (χ3n) is 2.02. The van der Waals surface area contributed by atoms with Crippen molar-refractivity contribution in [1.82, 2.24) is 9.97 Å². The Labute approximate surface area is 101 Å². The number of carboxylic acids is 1. The second-order valence-corrected chi connectivity index (χ2v) is 4.23. The van der Waals surface area contributed by atoms with Crippen LogP contribution >= 0.6 is 11.3 Å². The number of aromatic carboxylic acids is 1. The lowest BCUT2D eigenvalue weighted by Gasteiger charge is -1.91. The van der Waals surface area contributed by atoms with E-state index < -0.39 is 5.97 Å². The largest absolute Gasteiger partial charge is 0.476 e. The van der Waals surface area contributed by atoms with Crippen molar-refractivity contribution in [2.75, 3.05) is 0 Å². The molecule has 0 saturated carbocycles. The predicted molar refractivity (Wildman–Crippen MR) is 61.6 cm³/mol. The summed E-state index contributed by atoms with van der Waals surface area (Å²) in [6.07, 6.45) is 1.66. The Morgan fingerprint density at radius 3 is 2.94 bits per heavy atom. The smallest absolute Gasteiger partial charge is 0.355 e. The first-order chi connectivity index (χ1) is 8.22. The molecule has 2 rings (SSSR count). The van der Waals surface area contributed by atoms with Crippen molar-refractivity contribution in [3.63, 3.8) is 0 Å². The zero-order valence-electron chi connectivity index (χ0n) is 8.62. The monoisotopic (exact) mass is 245 g/mol. The first-order valence-electron chi connectivity index (χ1n) is 4.73. The van der Waals surface area contributed by atoms with E-state index in [1.54, 1.807) is 24.4 Å². The van der Waals surface area contributed by atoms with Crippen LogP contribution < -0.4 is 0 Å². The SMILES string of the molecule is N#CCc1sc(-c2ccccn2)nc1C(=O)O. The molecule has 0 aliphatic heterocycles. The number of hydrogen-bond acceptors (Lipinski definition) is 5. The van der Waals surface area contributed by atoms with Gasteiger partial charge in [-0.2, -0.15) is 5.26 Å². The molecule has 0 amide bonds. The number of pyridine rings is 1. The molecule has 0 unspecified atom stereocenters. The molecule has 2 aromatic heterocycles. The van der Waals surface area contributed by atoms with Crippen LogP contribution in [0.4, 0.5) is 0 Å². The molecule has 84 valence electrons. The second kappa shape index (κ2) is 4.72. The Kier molecular flexibility index (Phi) is 3.12. The van der Waals surface area contributed by atoms with E-state index in [0.29, 0.717) is 15.6 Å². The highest BCUT2D eigenvalue weighted by Crippen LogP contribution is 2.26. The lowest BCUT2D eigenvalue weighted by Crippen LogP contribution is -2.00. The predicted octanol–water partition coefficient (Wildman–Crippen LogP) is 1.97. The Hall–Kier alpha value is -2.26. The van der Waals surface area contributed by atoms with E-state index in [2.05, 4.69) is 9.97 Å². The fourth-order valence-electron chi connectivity index (χ4n) is 1.31. The molecule has 17 heavy (non-hydrogen) atoms. The summed E-state index contributed by atoms with van der Waals surface area (Å²) in [6.45, 7) is 0. The molecule has 0 fully saturated rings. The van der Waals surface area contributed by atoms with Crippen molar-refractivity contribution in [2.24, 2.45) is 0 Å². The van der Waals surface area contributed by atoms with E-state index in [-0.39, 0.29) is 12.1 Å². The molecular formula is C11H7N3O2S. The van der Waals surface area contributed by atoms with E-state index in [4.69, 9.17) is 10.4 Å². The van der Waals surface area contributed by atoms with Crippen LogP contribution in [0.5, 0.6) is 0 Å². The van der Waals surface area contributed by atoms with Gasteiger partial charge in [-0.3, -0.25) is 4.98 Å². The van der Waals surface area contributed by atoms with Crippen LogP contribution in [0.2, 0.25) is 0 Å². The van der Waals surface area contributed by atoms with Gasteiger partial charge in [0, 0.05) is 6.20 Å². The van der Waals surface area contributed by atoms with E-state index in [9.17, 15) is 4.79 Å². The summed E-state index contributed by atoms with van der Waals surface area (Å²) in [5, 5.41) is 18.1. The minimum atomic E-state index is -1.12. The molecule has 2 heterocycles. The minimum Gasteiger partial charge on any atom is -0.476 e. The molecule has 2 aromatic rings. The summed E-state index contributed by atoms with van der Waals surface area (Å²) in [7, 11) is 0. The third-order valence-corrected chi connectivity index (χ3v) is 3.10. The topological polar surface area (TPSA) is 86.9 Å². The molecule has 0 atom stereocenters. The van der Waals surface area contributed by atoms with Crippen molar-refractivity contribution < 1.29 is 9.90 Å². The van der Waals surface area contributed by atoms with Crippen molar-refractivity contribution in [3.8, 4) is 16.8 Å². The van der Waals surface area contributed by atoms with E-state index >= 15 is 0 Å². The number of thiazole rings is 1. The maximum atomic E-state index is 11.0. The van der Waals surface area contributed by atoms with Gasteiger partial charge in [-0.05, 0) is 12.1 Å². The lowest BCUT2D eigenvalue weighted by molar-refractivity contribution is 0.0690. The van der Waals surface area contributed by atoms with Crippen LogP contribution in [-0.2, 0) is 6.42 Å². The minimum absolute atomic E-state index is 0.0478. The molecule has 0 aromatic carbocycles. The molecule has 0 aliphatic carbocycles. The van der Waals surface area contributed by atoms with Crippen LogP contribution in [0.3, 0.4) is 0 Å². The highest BCUT2D eigenvalue weighted by atomic mass is 32.1. The van der Waals surface area contributed by atoms with E-state index in [1.807, 2.05) is 6.07 Å². The highest BCUT2D eigenvalue weighted by molar-refractivity contribution is 7.15. The van der Waals surface area contributed by atoms with Crippen molar-refractivity contribution in [1.29, 1.82) is 5.26 Å². The number of aromatic nitrogens is 2. The van der Waals surface area contributed by atoms with Crippen LogP contribution in [0, 0.1) is 11.3 Å². The van der Waals surface area contributed by atoms with Crippen LogP contribution in [-0.4, -0.2) is 21.0 Å². The van der Waals surface area contributed by atoms with Gasteiger partial charge in [-0.1, -0.05) is 6.07 Å². The van der Waals surface area contributed by atoms with Crippen molar-refractivity contribution >= 4 is 17.3 Å². The second-order valence-electron chi connectivity index (χ2n) is 3.15. The number of rotatable bonds is 3. The van der Waals surface area contributed by atoms with Gasteiger partial charge in [0.05, 0.1) is 23.1 Å². The molecule has 0 saturated heterocycles. The third kappa shape index (κ3) is 2.29. The maximum Gasteiger partial charge on any atom is 0.355 e. The highest BCUT2D eigenvalue weighted by Gasteiger charge is 2.18. The van der Waals surface area contributed by atoms with Gasteiger partial charge >= 0.3 is 5.97 Å². The van der Waals surface area contributed by atoms with Gasteiger partial charge in [0.25, 0.3) is 0 Å². The lowest BCUT2D eigenvalue weighted by atomic mass is 10.3. The van der Waals surface area contributed by atoms with E-state index in [1.165, 1.54) is 11.3 Å². The first kappa shape index (κ1) is 11.2. The van der Waals surface area contributed by atoms with Gasteiger partial charge < -0.3 is 5.11 Å². The van der Waals surface area contributed by atoms with Gasteiger partial charge in [-0.15, -0.1) is 11.3 Å². The number of nitriles is 1. The van der Waals surface area contributed by atoms with Gasteiger partial charge in [0.1, 0.15) is 5.01 Å².